The van der Waals surface area contributed by atoms with Crippen molar-refractivity contribution in [1.29, 1.82) is 0 Å². The van der Waals surface area contributed by atoms with Gasteiger partial charge in [-0.1, -0.05) is 20.8 Å². The summed E-state index contributed by atoms with van der Waals surface area (Å²) in [4.78, 5) is 11.9. The fourth-order valence-electron chi connectivity index (χ4n) is 1.31. The molecule has 0 aliphatic heterocycles. The van der Waals surface area contributed by atoms with E-state index < -0.39 is 5.82 Å². The summed E-state index contributed by atoms with van der Waals surface area (Å²) in [6.07, 6.45) is 0.896. The summed E-state index contributed by atoms with van der Waals surface area (Å²) in [5.74, 6) is -0.607. The number of hydrogen-bond donors (Lipinski definition) is 2. The van der Waals surface area contributed by atoms with Gasteiger partial charge in [0.1, 0.15) is 5.82 Å². The normalized spacial score (nSPS) is 11.4. The fourth-order valence-corrected chi connectivity index (χ4v) is 1.52. The zero-order valence-electron chi connectivity index (χ0n) is 10.4. The summed E-state index contributed by atoms with van der Waals surface area (Å²) in [7, 11) is 0. The third kappa shape index (κ3) is 4.77. The summed E-state index contributed by atoms with van der Waals surface area (Å²) < 4.78 is 13.0. The van der Waals surface area contributed by atoms with E-state index in [0.29, 0.717) is 12.1 Å². The van der Waals surface area contributed by atoms with E-state index in [9.17, 15) is 9.18 Å². The molecule has 0 saturated carbocycles. The Labute approximate surface area is 107 Å². The number of benzene rings is 1. The Hall–Kier alpha value is -1.03. The highest BCUT2D eigenvalue weighted by Gasteiger charge is 2.12. The van der Waals surface area contributed by atoms with Crippen LogP contribution in [0.1, 0.15) is 37.6 Å². The zero-order valence-corrected chi connectivity index (χ0v) is 11.3. The highest BCUT2D eigenvalue weighted by molar-refractivity contribution is 7.80. The average molecular weight is 255 g/mol. The van der Waals surface area contributed by atoms with Crippen LogP contribution in [0.3, 0.4) is 0 Å². The summed E-state index contributed by atoms with van der Waals surface area (Å²) in [5.41, 5.74) is 0.621. The third-order valence-electron chi connectivity index (χ3n) is 2.37. The first kappa shape index (κ1) is 14.0. The Bertz CT molecular complexity index is 412. The average Bonchev–Trinajstić information content (AvgIpc) is 2.20. The van der Waals surface area contributed by atoms with Crippen molar-refractivity contribution >= 4 is 18.5 Å². The molecule has 0 fully saturated rings. The van der Waals surface area contributed by atoms with E-state index in [1.54, 1.807) is 0 Å². The Morgan fingerprint density at radius 2 is 2.06 bits per heavy atom. The van der Waals surface area contributed by atoms with Gasteiger partial charge in [0, 0.05) is 17.0 Å². The summed E-state index contributed by atoms with van der Waals surface area (Å²) in [6.45, 7) is 6.95. The number of halogens is 1. The molecule has 0 saturated heterocycles. The second-order valence-electron chi connectivity index (χ2n) is 5.23. The van der Waals surface area contributed by atoms with Crippen molar-refractivity contribution in [3.63, 3.8) is 0 Å². The molecule has 0 spiro atoms. The van der Waals surface area contributed by atoms with Crippen LogP contribution in [-0.2, 0) is 0 Å². The SMILES string of the molecule is CC(C)(C)CCNC(=O)c1ccc(F)c(S)c1. The number of amides is 1. The Balaban J connectivity index is 2.56. The molecular formula is C13H18FNOS. The van der Waals surface area contributed by atoms with E-state index in [2.05, 4.69) is 38.7 Å². The van der Waals surface area contributed by atoms with E-state index in [1.807, 2.05) is 0 Å². The second-order valence-corrected chi connectivity index (χ2v) is 5.71. The van der Waals surface area contributed by atoms with Crippen molar-refractivity contribution in [1.82, 2.24) is 5.32 Å². The number of carbonyl (C=O) groups excluding carboxylic acids is 1. The van der Waals surface area contributed by atoms with Gasteiger partial charge >= 0.3 is 0 Å². The van der Waals surface area contributed by atoms with Crippen LogP contribution < -0.4 is 5.32 Å². The van der Waals surface area contributed by atoms with E-state index in [-0.39, 0.29) is 16.2 Å². The van der Waals surface area contributed by atoms with Crippen LogP contribution in [0.15, 0.2) is 23.1 Å². The maximum atomic E-state index is 13.0. The Morgan fingerprint density at radius 1 is 1.41 bits per heavy atom. The lowest BCUT2D eigenvalue weighted by Crippen LogP contribution is -2.27. The molecule has 0 bridgehead atoms. The number of hydrogen-bond acceptors (Lipinski definition) is 2. The molecule has 4 heteroatoms. The van der Waals surface area contributed by atoms with Crippen LogP contribution >= 0.6 is 12.6 Å². The lowest BCUT2D eigenvalue weighted by molar-refractivity contribution is 0.0949. The molecule has 1 rings (SSSR count). The molecule has 0 aliphatic rings. The van der Waals surface area contributed by atoms with Crippen LogP contribution in [0.2, 0.25) is 0 Å². The molecule has 1 N–H and O–H groups in total. The largest absolute Gasteiger partial charge is 0.352 e. The predicted octanol–water partition coefficient (Wildman–Crippen LogP) is 3.28. The molecule has 0 atom stereocenters. The molecule has 1 aromatic carbocycles. The van der Waals surface area contributed by atoms with Crippen molar-refractivity contribution in [2.75, 3.05) is 6.54 Å². The molecule has 2 nitrogen and oxygen atoms in total. The van der Waals surface area contributed by atoms with Crippen molar-refractivity contribution in [2.24, 2.45) is 5.41 Å². The van der Waals surface area contributed by atoms with E-state index in [1.165, 1.54) is 18.2 Å². The lowest BCUT2D eigenvalue weighted by atomic mass is 9.92. The van der Waals surface area contributed by atoms with Gasteiger partial charge in [-0.15, -0.1) is 12.6 Å². The fraction of sp³-hybridized carbons (Fsp3) is 0.462. The van der Waals surface area contributed by atoms with E-state index in [0.717, 1.165) is 6.42 Å². The molecule has 1 amide bonds. The van der Waals surface area contributed by atoms with E-state index in [4.69, 9.17) is 0 Å². The summed E-state index contributed by atoms with van der Waals surface area (Å²) >= 11 is 3.94. The maximum Gasteiger partial charge on any atom is 0.251 e. The standard InChI is InChI=1S/C13H18FNOS/c1-13(2,3)6-7-15-12(16)9-4-5-10(14)11(17)8-9/h4-5,8,17H,6-7H2,1-3H3,(H,15,16). The van der Waals surface area contributed by atoms with Crippen molar-refractivity contribution in [3.05, 3.63) is 29.6 Å². The van der Waals surface area contributed by atoms with Crippen LogP contribution in [0.25, 0.3) is 0 Å². The third-order valence-corrected chi connectivity index (χ3v) is 2.71. The van der Waals surface area contributed by atoms with Gasteiger partial charge in [0.2, 0.25) is 0 Å². The van der Waals surface area contributed by atoms with Gasteiger partial charge in [0.25, 0.3) is 5.91 Å². The minimum atomic E-state index is -0.417. The molecule has 0 radical (unpaired) electrons. The number of nitrogens with one attached hydrogen (secondary N) is 1. The minimum absolute atomic E-state index is 0.185. The predicted molar refractivity (Wildman–Crippen MR) is 70.1 cm³/mol. The van der Waals surface area contributed by atoms with Gasteiger partial charge in [-0.25, -0.2) is 4.39 Å². The molecule has 1 aromatic rings. The van der Waals surface area contributed by atoms with Crippen LogP contribution in [0.5, 0.6) is 0 Å². The van der Waals surface area contributed by atoms with Crippen LogP contribution in [-0.4, -0.2) is 12.5 Å². The summed E-state index contributed by atoms with van der Waals surface area (Å²) in [6, 6.07) is 4.15. The highest BCUT2D eigenvalue weighted by atomic mass is 32.1. The summed E-state index contributed by atoms with van der Waals surface area (Å²) in [5, 5.41) is 2.81. The molecular weight excluding hydrogens is 237 g/mol. The van der Waals surface area contributed by atoms with Crippen molar-refractivity contribution < 1.29 is 9.18 Å². The monoisotopic (exact) mass is 255 g/mol. The van der Waals surface area contributed by atoms with Crippen molar-refractivity contribution in [2.45, 2.75) is 32.1 Å². The molecule has 17 heavy (non-hydrogen) atoms. The topological polar surface area (TPSA) is 29.1 Å². The van der Waals surface area contributed by atoms with Crippen molar-refractivity contribution in [3.8, 4) is 0 Å². The van der Waals surface area contributed by atoms with Gasteiger partial charge in [0.05, 0.1) is 0 Å². The van der Waals surface area contributed by atoms with Gasteiger partial charge in [-0.05, 0) is 30.0 Å². The maximum absolute atomic E-state index is 13.0. The van der Waals surface area contributed by atoms with Gasteiger partial charge in [0.15, 0.2) is 0 Å². The van der Waals surface area contributed by atoms with Crippen LogP contribution in [0.4, 0.5) is 4.39 Å². The van der Waals surface area contributed by atoms with Gasteiger partial charge < -0.3 is 5.32 Å². The lowest BCUT2D eigenvalue weighted by Gasteiger charge is -2.18. The molecule has 0 aliphatic carbocycles. The molecule has 0 aromatic heterocycles. The molecule has 0 unspecified atom stereocenters. The number of thiol groups is 1. The zero-order chi connectivity index (χ0) is 13.1. The smallest absolute Gasteiger partial charge is 0.251 e. The minimum Gasteiger partial charge on any atom is -0.352 e. The second kappa shape index (κ2) is 5.54. The molecule has 94 valence electrons. The quantitative estimate of drug-likeness (QED) is 0.797. The first-order valence-electron chi connectivity index (χ1n) is 5.56. The highest BCUT2D eigenvalue weighted by Crippen LogP contribution is 2.17. The Morgan fingerprint density at radius 3 is 2.59 bits per heavy atom. The van der Waals surface area contributed by atoms with Gasteiger partial charge in [-0.3, -0.25) is 4.79 Å². The van der Waals surface area contributed by atoms with E-state index >= 15 is 0 Å². The number of rotatable bonds is 3. The van der Waals surface area contributed by atoms with Gasteiger partial charge in [-0.2, -0.15) is 0 Å². The first-order chi connectivity index (χ1) is 7.79. The number of carbonyl (C=O) groups is 1. The van der Waals surface area contributed by atoms with Crippen LogP contribution in [0, 0.1) is 11.2 Å². The first-order valence-corrected chi connectivity index (χ1v) is 6.01. The Kier molecular flexibility index (Phi) is 4.57. The molecule has 0 heterocycles.